The number of thiophene rings is 1. The van der Waals surface area contributed by atoms with Gasteiger partial charge in [-0.2, -0.15) is 0 Å². The van der Waals surface area contributed by atoms with Gasteiger partial charge in [-0.1, -0.05) is 0 Å². The Kier molecular flexibility index (Phi) is 2.42. The van der Waals surface area contributed by atoms with Crippen molar-refractivity contribution in [3.63, 3.8) is 0 Å². The molecule has 0 radical (unpaired) electrons. The highest BCUT2D eigenvalue weighted by Gasteiger charge is 2.12. The number of hydrogen-bond donors (Lipinski definition) is 1. The number of aliphatic hydroxyl groups is 1. The van der Waals surface area contributed by atoms with Crippen LogP contribution in [0.4, 0.5) is 0 Å². The summed E-state index contributed by atoms with van der Waals surface area (Å²) >= 11 is 1.41. The van der Waals surface area contributed by atoms with Crippen LogP contribution < -0.4 is 0 Å². The Morgan fingerprint density at radius 1 is 1.64 bits per heavy atom. The third kappa shape index (κ3) is 1.88. The highest BCUT2D eigenvalue weighted by molar-refractivity contribution is 7.14. The molecule has 1 aromatic rings. The quantitative estimate of drug-likeness (QED) is 0.685. The van der Waals surface area contributed by atoms with E-state index in [2.05, 4.69) is 0 Å². The van der Waals surface area contributed by atoms with E-state index in [1.807, 2.05) is 13.0 Å². The monoisotopic (exact) mass is 170 g/mol. The molecule has 0 saturated heterocycles. The second kappa shape index (κ2) is 3.15. The third-order valence-corrected chi connectivity index (χ3v) is 2.38. The number of carbonyl (C=O) groups excluding carboxylic acids is 1. The summed E-state index contributed by atoms with van der Waals surface area (Å²) in [4.78, 5) is 12.8. The van der Waals surface area contributed by atoms with E-state index in [4.69, 9.17) is 5.11 Å². The van der Waals surface area contributed by atoms with E-state index in [1.54, 1.807) is 6.07 Å². The van der Waals surface area contributed by atoms with Crippen LogP contribution in [0.1, 0.15) is 21.5 Å². The zero-order valence-corrected chi connectivity index (χ0v) is 7.31. The minimum absolute atomic E-state index is 0.192. The molecule has 0 spiro atoms. The van der Waals surface area contributed by atoms with E-state index in [9.17, 15) is 4.79 Å². The van der Waals surface area contributed by atoms with Gasteiger partial charge >= 0.3 is 0 Å². The van der Waals surface area contributed by atoms with E-state index >= 15 is 0 Å². The van der Waals surface area contributed by atoms with Crippen molar-refractivity contribution >= 4 is 17.1 Å². The predicted octanol–water partition coefficient (Wildman–Crippen LogP) is 1.62. The molecule has 0 aliphatic carbocycles. The largest absolute Gasteiger partial charge is 0.385 e. The highest BCUT2D eigenvalue weighted by atomic mass is 32.1. The van der Waals surface area contributed by atoms with E-state index < -0.39 is 6.10 Å². The molecule has 0 fully saturated rings. The summed E-state index contributed by atoms with van der Waals surface area (Å²) in [7, 11) is 0. The third-order valence-electron chi connectivity index (χ3n) is 1.36. The molecule has 1 N–H and O–H groups in total. The number of rotatable bonds is 2. The fraction of sp³-hybridized carbons (Fsp3) is 0.375. The van der Waals surface area contributed by atoms with Crippen molar-refractivity contribution in [2.24, 2.45) is 0 Å². The van der Waals surface area contributed by atoms with E-state index in [1.165, 1.54) is 18.3 Å². The van der Waals surface area contributed by atoms with Crippen molar-refractivity contribution in [1.82, 2.24) is 0 Å². The summed E-state index contributed by atoms with van der Waals surface area (Å²) in [6.07, 6.45) is -0.881. The zero-order valence-electron chi connectivity index (χ0n) is 6.50. The van der Waals surface area contributed by atoms with Crippen LogP contribution in [0.15, 0.2) is 12.1 Å². The molecule has 0 unspecified atom stereocenters. The van der Waals surface area contributed by atoms with Crippen molar-refractivity contribution in [3.8, 4) is 0 Å². The number of Topliss-reactive ketones (excluding diaryl/α,β-unsaturated/α-hetero) is 1. The molecule has 1 rings (SSSR count). The summed E-state index contributed by atoms with van der Waals surface area (Å²) in [5.41, 5.74) is 0. The molecular weight excluding hydrogens is 160 g/mol. The number of ketones is 1. The summed E-state index contributed by atoms with van der Waals surface area (Å²) < 4.78 is 0. The van der Waals surface area contributed by atoms with Gasteiger partial charge in [0.2, 0.25) is 5.78 Å². The maximum absolute atomic E-state index is 11.1. The summed E-state index contributed by atoms with van der Waals surface area (Å²) in [6.45, 7) is 3.42. The molecule has 1 aromatic heterocycles. The number of aliphatic hydroxyl groups excluding tert-OH is 1. The molecule has 3 heteroatoms. The van der Waals surface area contributed by atoms with Gasteiger partial charge in [0.25, 0.3) is 0 Å². The summed E-state index contributed by atoms with van der Waals surface area (Å²) in [6, 6.07) is 3.62. The standard InChI is InChI=1S/C8H10O2S/c1-5-3-4-7(11-5)8(10)6(2)9/h3-4,6,9H,1-2H3/t6-/m0/s1. The van der Waals surface area contributed by atoms with Crippen LogP contribution in [-0.4, -0.2) is 17.0 Å². The van der Waals surface area contributed by atoms with Gasteiger partial charge in [0.1, 0.15) is 6.10 Å². The van der Waals surface area contributed by atoms with Gasteiger partial charge < -0.3 is 5.11 Å². The van der Waals surface area contributed by atoms with Crippen molar-refractivity contribution < 1.29 is 9.90 Å². The first-order valence-corrected chi connectivity index (χ1v) is 4.21. The SMILES string of the molecule is Cc1ccc(C(=O)[C@H](C)O)s1. The normalized spacial score (nSPS) is 13.0. The van der Waals surface area contributed by atoms with Gasteiger partial charge in [0.15, 0.2) is 0 Å². The molecule has 11 heavy (non-hydrogen) atoms. The Morgan fingerprint density at radius 3 is 2.64 bits per heavy atom. The molecule has 1 heterocycles. The van der Waals surface area contributed by atoms with Crippen LogP contribution in [0, 0.1) is 6.92 Å². The highest BCUT2D eigenvalue weighted by Crippen LogP contribution is 2.16. The van der Waals surface area contributed by atoms with Gasteiger partial charge in [-0.3, -0.25) is 4.79 Å². The first-order chi connectivity index (χ1) is 5.11. The minimum atomic E-state index is -0.881. The fourth-order valence-corrected chi connectivity index (χ4v) is 1.66. The maximum atomic E-state index is 11.1. The van der Waals surface area contributed by atoms with Gasteiger partial charge in [-0.05, 0) is 26.0 Å². The zero-order chi connectivity index (χ0) is 8.43. The van der Waals surface area contributed by atoms with Gasteiger partial charge in [-0.25, -0.2) is 0 Å². The molecule has 0 aliphatic rings. The van der Waals surface area contributed by atoms with Crippen LogP contribution in [0.2, 0.25) is 0 Å². The van der Waals surface area contributed by atoms with Crippen LogP contribution in [-0.2, 0) is 0 Å². The first-order valence-electron chi connectivity index (χ1n) is 3.40. The molecule has 1 atom stereocenters. The molecule has 0 aromatic carbocycles. The Morgan fingerprint density at radius 2 is 2.27 bits per heavy atom. The topological polar surface area (TPSA) is 37.3 Å². The molecule has 0 aliphatic heterocycles. The minimum Gasteiger partial charge on any atom is -0.385 e. The van der Waals surface area contributed by atoms with Gasteiger partial charge in [-0.15, -0.1) is 11.3 Å². The predicted molar refractivity (Wildman–Crippen MR) is 45.1 cm³/mol. The van der Waals surface area contributed by atoms with Crippen molar-refractivity contribution in [1.29, 1.82) is 0 Å². The van der Waals surface area contributed by atoms with E-state index in [-0.39, 0.29) is 5.78 Å². The van der Waals surface area contributed by atoms with Crippen LogP contribution in [0.25, 0.3) is 0 Å². The van der Waals surface area contributed by atoms with Crippen molar-refractivity contribution in [2.75, 3.05) is 0 Å². The average Bonchev–Trinajstić information content (AvgIpc) is 2.34. The van der Waals surface area contributed by atoms with Crippen molar-refractivity contribution in [2.45, 2.75) is 20.0 Å². The molecule has 2 nitrogen and oxygen atoms in total. The van der Waals surface area contributed by atoms with E-state index in [0.717, 1.165) is 4.88 Å². The van der Waals surface area contributed by atoms with E-state index in [0.29, 0.717) is 4.88 Å². The second-order valence-corrected chi connectivity index (χ2v) is 3.74. The Hall–Kier alpha value is -0.670. The van der Waals surface area contributed by atoms with Crippen molar-refractivity contribution in [3.05, 3.63) is 21.9 Å². The van der Waals surface area contributed by atoms with Crippen LogP contribution in [0.3, 0.4) is 0 Å². The maximum Gasteiger partial charge on any atom is 0.200 e. The van der Waals surface area contributed by atoms with Gasteiger partial charge in [0, 0.05) is 4.88 Å². The smallest absolute Gasteiger partial charge is 0.200 e. The lowest BCUT2D eigenvalue weighted by atomic mass is 10.2. The molecular formula is C8H10O2S. The number of aryl methyl sites for hydroxylation is 1. The lowest BCUT2D eigenvalue weighted by Gasteiger charge is -1.97. The Bertz CT molecular complexity index is 263. The number of carbonyl (C=O) groups is 1. The Balaban J connectivity index is 2.85. The van der Waals surface area contributed by atoms with Crippen LogP contribution >= 0.6 is 11.3 Å². The van der Waals surface area contributed by atoms with Gasteiger partial charge in [0.05, 0.1) is 4.88 Å². The lowest BCUT2D eigenvalue weighted by molar-refractivity contribution is 0.0784. The fourth-order valence-electron chi connectivity index (χ4n) is 0.773. The average molecular weight is 170 g/mol. The summed E-state index contributed by atoms with van der Waals surface area (Å²) in [5.74, 6) is -0.192. The number of hydrogen-bond acceptors (Lipinski definition) is 3. The second-order valence-electron chi connectivity index (χ2n) is 2.45. The molecule has 0 bridgehead atoms. The first kappa shape index (κ1) is 8.43. The molecule has 0 saturated carbocycles. The van der Waals surface area contributed by atoms with Crippen LogP contribution in [0.5, 0.6) is 0 Å². The molecule has 0 amide bonds. The lowest BCUT2D eigenvalue weighted by Crippen LogP contribution is -2.14. The summed E-state index contributed by atoms with van der Waals surface area (Å²) in [5, 5.41) is 8.94. The molecule has 60 valence electrons. The Labute approximate surface area is 69.5 Å².